The van der Waals surface area contributed by atoms with Crippen molar-refractivity contribution in [2.45, 2.75) is 6.42 Å². The summed E-state index contributed by atoms with van der Waals surface area (Å²) in [6.45, 7) is -0.323. The molecule has 9 heteroatoms. The van der Waals surface area contributed by atoms with Crippen LogP contribution in [0, 0.1) is 11.6 Å². The predicted molar refractivity (Wildman–Crippen MR) is 89.2 cm³/mol. The van der Waals surface area contributed by atoms with Crippen LogP contribution in [0.15, 0.2) is 42.7 Å². The van der Waals surface area contributed by atoms with E-state index in [9.17, 15) is 23.2 Å². The average Bonchev–Trinajstić information content (AvgIpc) is 2.59. The van der Waals surface area contributed by atoms with E-state index in [-0.39, 0.29) is 31.0 Å². The fourth-order valence-corrected chi connectivity index (χ4v) is 1.99. The SMILES string of the molecule is O=C(CNC(=O)c1cc(F)cc(F)c1)NCCC(=O)Nc1cccnc1. The minimum atomic E-state index is -0.890. The van der Waals surface area contributed by atoms with Gasteiger partial charge in [-0.15, -0.1) is 0 Å². The summed E-state index contributed by atoms with van der Waals surface area (Å²) in [5.74, 6) is -3.41. The smallest absolute Gasteiger partial charge is 0.251 e. The lowest BCUT2D eigenvalue weighted by Crippen LogP contribution is -2.38. The second-order valence-corrected chi connectivity index (χ2v) is 5.23. The second kappa shape index (κ2) is 9.21. The normalized spacial score (nSPS) is 10.1. The maximum atomic E-state index is 13.0. The molecule has 0 bridgehead atoms. The molecule has 0 saturated heterocycles. The summed E-state index contributed by atoms with van der Waals surface area (Å²) in [5.41, 5.74) is 0.310. The van der Waals surface area contributed by atoms with Crippen LogP contribution in [-0.2, 0) is 9.59 Å². The summed E-state index contributed by atoms with van der Waals surface area (Å²) in [6, 6.07) is 5.71. The zero-order valence-electron chi connectivity index (χ0n) is 13.6. The summed E-state index contributed by atoms with van der Waals surface area (Å²) < 4.78 is 26.1. The van der Waals surface area contributed by atoms with Gasteiger partial charge >= 0.3 is 0 Å². The fraction of sp³-hybridized carbons (Fsp3) is 0.176. The van der Waals surface area contributed by atoms with Gasteiger partial charge in [0.1, 0.15) is 11.6 Å². The number of rotatable bonds is 7. The van der Waals surface area contributed by atoms with Crippen molar-refractivity contribution in [3.63, 3.8) is 0 Å². The molecule has 3 N–H and O–H groups in total. The van der Waals surface area contributed by atoms with Crippen LogP contribution in [0.25, 0.3) is 0 Å². The van der Waals surface area contributed by atoms with E-state index >= 15 is 0 Å². The Morgan fingerprint density at radius 1 is 1.00 bits per heavy atom. The third kappa shape index (κ3) is 6.27. The number of aromatic nitrogens is 1. The Hall–Kier alpha value is -3.36. The molecule has 0 aliphatic heterocycles. The Kier molecular flexibility index (Phi) is 6.72. The monoisotopic (exact) mass is 362 g/mol. The van der Waals surface area contributed by atoms with E-state index < -0.39 is 23.4 Å². The molecule has 0 unspecified atom stereocenters. The molecule has 136 valence electrons. The van der Waals surface area contributed by atoms with Crippen LogP contribution in [-0.4, -0.2) is 35.8 Å². The van der Waals surface area contributed by atoms with Gasteiger partial charge in [-0.2, -0.15) is 0 Å². The van der Waals surface area contributed by atoms with Gasteiger partial charge in [0.25, 0.3) is 5.91 Å². The summed E-state index contributed by atoms with van der Waals surface area (Å²) in [6.07, 6.45) is 3.09. The van der Waals surface area contributed by atoms with E-state index in [0.717, 1.165) is 12.1 Å². The molecule has 1 aromatic carbocycles. The number of carbonyl (C=O) groups is 3. The molecule has 0 saturated carbocycles. The van der Waals surface area contributed by atoms with Crippen molar-refractivity contribution >= 4 is 23.4 Å². The van der Waals surface area contributed by atoms with Crippen molar-refractivity contribution in [2.24, 2.45) is 0 Å². The number of carbonyl (C=O) groups excluding carboxylic acids is 3. The molecular weight excluding hydrogens is 346 g/mol. The zero-order chi connectivity index (χ0) is 18.9. The first-order valence-corrected chi connectivity index (χ1v) is 7.65. The third-order valence-corrected chi connectivity index (χ3v) is 3.15. The van der Waals surface area contributed by atoms with Crippen molar-refractivity contribution < 1.29 is 23.2 Å². The molecule has 0 aliphatic carbocycles. The number of benzene rings is 1. The molecule has 7 nitrogen and oxygen atoms in total. The molecule has 26 heavy (non-hydrogen) atoms. The van der Waals surface area contributed by atoms with Crippen LogP contribution < -0.4 is 16.0 Å². The van der Waals surface area contributed by atoms with Crippen LogP contribution in [0.3, 0.4) is 0 Å². The van der Waals surface area contributed by atoms with Gasteiger partial charge in [0.2, 0.25) is 11.8 Å². The highest BCUT2D eigenvalue weighted by Gasteiger charge is 2.11. The first kappa shape index (κ1) is 19.0. The average molecular weight is 362 g/mol. The van der Waals surface area contributed by atoms with E-state index in [1.54, 1.807) is 18.3 Å². The van der Waals surface area contributed by atoms with Gasteiger partial charge in [-0.25, -0.2) is 8.78 Å². The fourth-order valence-electron chi connectivity index (χ4n) is 1.99. The molecule has 0 aliphatic rings. The molecule has 2 aromatic rings. The topological polar surface area (TPSA) is 100 Å². The van der Waals surface area contributed by atoms with Crippen molar-refractivity contribution in [2.75, 3.05) is 18.4 Å². The van der Waals surface area contributed by atoms with Gasteiger partial charge in [-0.05, 0) is 24.3 Å². The van der Waals surface area contributed by atoms with Crippen LogP contribution in [0.5, 0.6) is 0 Å². The van der Waals surface area contributed by atoms with Gasteiger partial charge in [0.15, 0.2) is 0 Å². The molecule has 1 heterocycles. The molecular formula is C17H16F2N4O3. The van der Waals surface area contributed by atoms with Crippen molar-refractivity contribution in [3.05, 3.63) is 59.9 Å². The van der Waals surface area contributed by atoms with Crippen molar-refractivity contribution in [1.29, 1.82) is 0 Å². The maximum Gasteiger partial charge on any atom is 0.251 e. The third-order valence-electron chi connectivity index (χ3n) is 3.15. The summed E-state index contributed by atoms with van der Waals surface area (Å²) in [4.78, 5) is 38.9. The minimum absolute atomic E-state index is 0.0314. The number of halogens is 2. The Morgan fingerprint density at radius 2 is 1.73 bits per heavy atom. The number of nitrogens with zero attached hydrogens (tertiary/aromatic N) is 1. The lowest BCUT2D eigenvalue weighted by atomic mass is 10.2. The Morgan fingerprint density at radius 3 is 2.38 bits per heavy atom. The number of pyridine rings is 1. The number of nitrogens with one attached hydrogen (secondary N) is 3. The lowest BCUT2D eigenvalue weighted by Gasteiger charge is -2.08. The zero-order valence-corrected chi connectivity index (χ0v) is 13.6. The van der Waals surface area contributed by atoms with E-state index in [1.165, 1.54) is 6.20 Å². The second-order valence-electron chi connectivity index (χ2n) is 5.23. The highest BCUT2D eigenvalue weighted by molar-refractivity contribution is 5.96. The lowest BCUT2D eigenvalue weighted by molar-refractivity contribution is -0.120. The Balaban J connectivity index is 1.68. The van der Waals surface area contributed by atoms with Crippen LogP contribution in [0.4, 0.5) is 14.5 Å². The first-order valence-electron chi connectivity index (χ1n) is 7.65. The minimum Gasteiger partial charge on any atom is -0.354 e. The van der Waals surface area contributed by atoms with Crippen LogP contribution in [0.1, 0.15) is 16.8 Å². The number of hydrogen-bond acceptors (Lipinski definition) is 4. The number of anilines is 1. The van der Waals surface area contributed by atoms with Gasteiger partial charge in [0, 0.05) is 30.8 Å². The van der Waals surface area contributed by atoms with E-state index in [1.807, 2.05) is 0 Å². The van der Waals surface area contributed by atoms with Crippen LogP contribution >= 0.6 is 0 Å². The largest absolute Gasteiger partial charge is 0.354 e. The van der Waals surface area contributed by atoms with Gasteiger partial charge in [-0.3, -0.25) is 19.4 Å². The molecule has 1 aromatic heterocycles. The molecule has 2 rings (SSSR count). The van der Waals surface area contributed by atoms with Crippen LogP contribution in [0.2, 0.25) is 0 Å². The molecule has 0 spiro atoms. The molecule has 3 amide bonds. The Labute approximate surface area is 147 Å². The number of hydrogen-bond donors (Lipinski definition) is 3. The summed E-state index contributed by atoms with van der Waals surface area (Å²) in [5, 5.41) is 7.29. The molecule has 0 radical (unpaired) electrons. The first-order chi connectivity index (χ1) is 12.4. The highest BCUT2D eigenvalue weighted by atomic mass is 19.1. The van der Waals surface area contributed by atoms with Gasteiger partial charge in [-0.1, -0.05) is 0 Å². The van der Waals surface area contributed by atoms with Crippen molar-refractivity contribution in [3.8, 4) is 0 Å². The summed E-state index contributed by atoms with van der Waals surface area (Å²) in [7, 11) is 0. The van der Waals surface area contributed by atoms with E-state index in [2.05, 4.69) is 20.9 Å². The van der Waals surface area contributed by atoms with Gasteiger partial charge in [0.05, 0.1) is 18.4 Å². The molecule has 0 atom stereocenters. The Bertz CT molecular complexity index is 780. The predicted octanol–water partition coefficient (Wildman–Crippen LogP) is 1.23. The quantitative estimate of drug-likeness (QED) is 0.690. The van der Waals surface area contributed by atoms with E-state index in [4.69, 9.17) is 0 Å². The summed E-state index contributed by atoms with van der Waals surface area (Å²) >= 11 is 0. The molecule has 0 fully saturated rings. The van der Waals surface area contributed by atoms with Crippen molar-refractivity contribution in [1.82, 2.24) is 15.6 Å². The highest BCUT2D eigenvalue weighted by Crippen LogP contribution is 2.07. The standard InChI is InChI=1S/C17H16F2N4O3/c18-12-6-11(7-13(19)8-12)17(26)22-10-16(25)21-5-3-15(24)23-14-2-1-4-20-9-14/h1-2,4,6-9H,3,5,10H2,(H,21,25)(H,22,26)(H,23,24). The maximum absolute atomic E-state index is 13.0. The van der Waals surface area contributed by atoms with E-state index in [0.29, 0.717) is 11.8 Å². The number of amides is 3. The van der Waals surface area contributed by atoms with Gasteiger partial charge < -0.3 is 16.0 Å².